The summed E-state index contributed by atoms with van der Waals surface area (Å²) in [5, 5.41) is 19.5. The summed E-state index contributed by atoms with van der Waals surface area (Å²) in [5.74, 6) is 0. The zero-order valence-electron chi connectivity index (χ0n) is 39.0. The largest absolute Gasteiger partial charge is 0.143 e. The van der Waals surface area contributed by atoms with E-state index in [0.29, 0.717) is 0 Å². The highest BCUT2D eigenvalue weighted by atomic mass is 32.1. The standard InChI is InChI=1S/C61H38S3.C6H10/c1-2-8-40-29-50-32-47(18-15-39(50)14-13-38(40)7-1)56-21-24-62-59(56)53-35-54(60-57(22-25-63-60)48-19-16-45-27-41-9-3-5-11-43(41)30-51(45)33-48)37-55(36-53)61-58(23-26-64-61)49-20-17-46-28-42-10-4-6-12-44(42)31-52(46)34-49;1-3-5-6-4-2/h1-13,15-37H,14H2;3-6H,1-2H3/b;5-3-,6-4-. The number of fused-ring (bicyclic) bond motifs is 6. The SMILES string of the molecule is C/C=C\C=C/C.C1=c2ccccc2=Cc2cc(-c3ccsc3-c3cc(-c4sccc4-c4ccc5cc6ccccc6cc5c4)cc(-c4sccc4-c4ccc5cc6ccccc6cc5c4)c3)ccc2C1. The van der Waals surface area contributed by atoms with E-state index in [9.17, 15) is 0 Å². The second-order valence-electron chi connectivity index (χ2n) is 18.0. The maximum atomic E-state index is 2.44. The Hall–Kier alpha value is -7.66. The van der Waals surface area contributed by atoms with Gasteiger partial charge in [0.05, 0.1) is 0 Å². The van der Waals surface area contributed by atoms with E-state index in [0.717, 1.165) is 6.42 Å². The summed E-state index contributed by atoms with van der Waals surface area (Å²) >= 11 is 5.50. The third-order valence-corrected chi connectivity index (χ3v) is 16.4. The molecule has 3 aromatic heterocycles. The van der Waals surface area contributed by atoms with Gasteiger partial charge < -0.3 is 0 Å². The van der Waals surface area contributed by atoms with Crippen LogP contribution in [0.2, 0.25) is 0 Å². The molecule has 13 rings (SSSR count). The van der Waals surface area contributed by atoms with Crippen molar-refractivity contribution in [2.75, 3.05) is 0 Å². The lowest BCUT2D eigenvalue weighted by atomic mass is 9.92. The number of rotatable bonds is 7. The van der Waals surface area contributed by atoms with E-state index < -0.39 is 0 Å². The van der Waals surface area contributed by atoms with Gasteiger partial charge in [-0.2, -0.15) is 0 Å². The molecule has 0 N–H and O–H groups in total. The Bertz CT molecular complexity index is 3940. The van der Waals surface area contributed by atoms with E-state index in [2.05, 4.69) is 216 Å². The van der Waals surface area contributed by atoms with Crippen LogP contribution in [0, 0.1) is 0 Å². The zero-order chi connectivity index (χ0) is 47.0. The quantitative estimate of drug-likeness (QED) is 0.110. The highest BCUT2D eigenvalue weighted by Gasteiger charge is 2.19. The van der Waals surface area contributed by atoms with E-state index in [4.69, 9.17) is 0 Å². The topological polar surface area (TPSA) is 0 Å². The van der Waals surface area contributed by atoms with Gasteiger partial charge in [-0.05, 0) is 219 Å². The second-order valence-corrected chi connectivity index (χ2v) is 20.7. The summed E-state index contributed by atoms with van der Waals surface area (Å²) in [5.41, 5.74) is 13.9. The minimum atomic E-state index is 0.929. The van der Waals surface area contributed by atoms with E-state index in [1.54, 1.807) is 0 Å². The summed E-state index contributed by atoms with van der Waals surface area (Å²) in [6, 6.07) is 70.6. The Morgan fingerprint density at radius 3 is 1.21 bits per heavy atom. The number of thiophene rings is 3. The van der Waals surface area contributed by atoms with Gasteiger partial charge in [-0.3, -0.25) is 0 Å². The molecule has 0 atom stereocenters. The van der Waals surface area contributed by atoms with Crippen LogP contribution >= 0.6 is 34.0 Å². The van der Waals surface area contributed by atoms with E-state index >= 15 is 0 Å². The lowest BCUT2D eigenvalue weighted by Crippen LogP contribution is -2.22. The van der Waals surface area contributed by atoms with Crippen molar-refractivity contribution in [2.45, 2.75) is 20.3 Å². The van der Waals surface area contributed by atoms with Crippen LogP contribution in [-0.2, 0) is 6.42 Å². The summed E-state index contributed by atoms with van der Waals surface area (Å²) < 4.78 is 0. The molecule has 0 bridgehead atoms. The average molecular weight is 949 g/mol. The molecule has 70 heavy (non-hydrogen) atoms. The van der Waals surface area contributed by atoms with Gasteiger partial charge in [0.2, 0.25) is 0 Å². The summed E-state index contributed by atoms with van der Waals surface area (Å²) in [7, 11) is 0. The third-order valence-electron chi connectivity index (χ3n) is 13.5. The first-order valence-electron chi connectivity index (χ1n) is 24.0. The minimum Gasteiger partial charge on any atom is -0.143 e. The van der Waals surface area contributed by atoms with Crippen LogP contribution < -0.4 is 10.4 Å². The zero-order valence-corrected chi connectivity index (χ0v) is 41.5. The van der Waals surface area contributed by atoms with Gasteiger partial charge in [0.1, 0.15) is 0 Å². The van der Waals surface area contributed by atoms with Crippen molar-refractivity contribution in [3.05, 3.63) is 250 Å². The summed E-state index contributed by atoms with van der Waals surface area (Å²) in [6.45, 7) is 4.00. The fraction of sp³-hybridized carbons (Fsp3) is 0.0448. The van der Waals surface area contributed by atoms with E-state index in [-0.39, 0.29) is 0 Å². The molecule has 334 valence electrons. The van der Waals surface area contributed by atoms with Crippen LogP contribution in [0.15, 0.2) is 229 Å². The molecular weight excluding hydrogens is 901 g/mol. The maximum Gasteiger partial charge on any atom is 0.0421 e. The Labute approximate surface area is 421 Å². The smallest absolute Gasteiger partial charge is 0.0421 e. The maximum absolute atomic E-state index is 2.44. The highest BCUT2D eigenvalue weighted by Crippen LogP contribution is 2.47. The average Bonchev–Trinajstić information content (AvgIpc) is 4.20. The van der Waals surface area contributed by atoms with Crippen LogP contribution in [-0.4, -0.2) is 0 Å². The fourth-order valence-electron chi connectivity index (χ4n) is 10.0. The molecule has 0 unspecified atom stereocenters. The van der Waals surface area contributed by atoms with Crippen molar-refractivity contribution in [2.24, 2.45) is 0 Å². The highest BCUT2D eigenvalue weighted by molar-refractivity contribution is 7.15. The molecule has 9 aromatic carbocycles. The van der Waals surface area contributed by atoms with E-state index in [1.807, 2.05) is 72.2 Å². The molecule has 0 nitrogen and oxygen atoms in total. The Morgan fingerprint density at radius 1 is 0.343 bits per heavy atom. The second kappa shape index (κ2) is 19.0. The molecule has 1 aliphatic carbocycles. The molecule has 3 heterocycles. The number of benzene rings is 9. The predicted octanol–water partition coefficient (Wildman–Crippen LogP) is 18.8. The normalized spacial score (nSPS) is 12.2. The Balaban J connectivity index is 0.000000794. The van der Waals surface area contributed by atoms with Gasteiger partial charge >= 0.3 is 0 Å². The van der Waals surface area contributed by atoms with Gasteiger partial charge in [-0.25, -0.2) is 0 Å². The van der Waals surface area contributed by atoms with Crippen LogP contribution in [0.3, 0.4) is 0 Å². The van der Waals surface area contributed by atoms with Crippen molar-refractivity contribution in [3.8, 4) is 64.7 Å². The van der Waals surface area contributed by atoms with Crippen LogP contribution in [0.25, 0.3) is 120 Å². The summed E-state index contributed by atoms with van der Waals surface area (Å²) in [6.07, 6.45) is 13.7. The molecule has 0 spiro atoms. The van der Waals surface area contributed by atoms with Crippen molar-refractivity contribution in [1.82, 2.24) is 0 Å². The predicted molar refractivity (Wildman–Crippen MR) is 310 cm³/mol. The molecule has 0 saturated heterocycles. The number of allylic oxidation sites excluding steroid dienone is 4. The molecule has 3 heteroatoms. The van der Waals surface area contributed by atoms with Gasteiger partial charge in [0.15, 0.2) is 0 Å². The van der Waals surface area contributed by atoms with Gasteiger partial charge in [-0.1, -0.05) is 140 Å². The first-order valence-corrected chi connectivity index (χ1v) is 26.6. The molecule has 0 fully saturated rings. The van der Waals surface area contributed by atoms with Crippen LogP contribution in [0.1, 0.15) is 25.0 Å². The Morgan fingerprint density at radius 2 is 0.743 bits per heavy atom. The van der Waals surface area contributed by atoms with Crippen molar-refractivity contribution >= 4 is 89.3 Å². The molecule has 0 amide bonds. The first kappa shape index (κ1) is 43.6. The Kier molecular flexibility index (Phi) is 11.9. The van der Waals surface area contributed by atoms with Gasteiger partial charge in [-0.15, -0.1) is 34.0 Å². The fourth-order valence-corrected chi connectivity index (χ4v) is 12.8. The van der Waals surface area contributed by atoms with Crippen molar-refractivity contribution in [3.63, 3.8) is 0 Å². The first-order chi connectivity index (χ1) is 34.6. The number of hydrogen-bond acceptors (Lipinski definition) is 3. The lowest BCUT2D eigenvalue weighted by molar-refractivity contribution is 1.32. The molecule has 1 aliphatic rings. The molecule has 0 radical (unpaired) electrons. The van der Waals surface area contributed by atoms with E-state index in [1.165, 1.54) is 129 Å². The molecule has 0 saturated carbocycles. The number of hydrogen-bond donors (Lipinski definition) is 0. The third kappa shape index (κ3) is 8.47. The summed E-state index contributed by atoms with van der Waals surface area (Å²) in [4.78, 5) is 3.85. The van der Waals surface area contributed by atoms with Crippen molar-refractivity contribution < 1.29 is 0 Å². The molecule has 12 aromatic rings. The van der Waals surface area contributed by atoms with Gasteiger partial charge in [0, 0.05) is 31.3 Å². The van der Waals surface area contributed by atoms with Crippen LogP contribution in [0.5, 0.6) is 0 Å². The monoisotopic (exact) mass is 948 g/mol. The molecular formula is C67H48S3. The molecule has 0 aliphatic heterocycles. The van der Waals surface area contributed by atoms with Crippen LogP contribution in [0.4, 0.5) is 0 Å². The van der Waals surface area contributed by atoms with Gasteiger partial charge in [0.25, 0.3) is 0 Å². The minimum absolute atomic E-state index is 0.929. The lowest BCUT2D eigenvalue weighted by Gasteiger charge is -2.14. The van der Waals surface area contributed by atoms with Crippen molar-refractivity contribution in [1.29, 1.82) is 0 Å².